The van der Waals surface area contributed by atoms with Gasteiger partial charge in [0.1, 0.15) is 0 Å². The van der Waals surface area contributed by atoms with Crippen LogP contribution < -0.4 is 9.47 Å². The zero-order chi connectivity index (χ0) is 18.3. The molecule has 0 spiro atoms. The van der Waals surface area contributed by atoms with Crippen molar-refractivity contribution in [2.45, 2.75) is 31.6 Å². The molecule has 136 valence electrons. The van der Waals surface area contributed by atoms with Crippen molar-refractivity contribution in [3.8, 4) is 11.5 Å². The summed E-state index contributed by atoms with van der Waals surface area (Å²) in [5.41, 5.74) is -0.226. The second-order valence-corrected chi connectivity index (χ2v) is 6.39. The van der Waals surface area contributed by atoms with Crippen molar-refractivity contribution in [2.24, 2.45) is 0 Å². The van der Waals surface area contributed by atoms with E-state index in [4.69, 9.17) is 9.47 Å². The van der Waals surface area contributed by atoms with Crippen molar-refractivity contribution in [1.82, 2.24) is 4.90 Å². The van der Waals surface area contributed by atoms with Crippen LogP contribution in [0.15, 0.2) is 42.5 Å². The van der Waals surface area contributed by atoms with E-state index in [0.29, 0.717) is 17.1 Å². The molecular formula is C19H16F3NO3. The van der Waals surface area contributed by atoms with Crippen LogP contribution in [0.25, 0.3) is 0 Å². The standard InChI is InChI=1S/C19H16F3NO3/c20-19(21,22)15-4-2-1-3-13(15)10-23(14-6-7-14)18(24)12-5-8-16-17(9-12)26-11-25-16/h1-5,8-9,14H,6-7,10-11H2. The number of alkyl halides is 3. The zero-order valence-electron chi connectivity index (χ0n) is 13.8. The number of hydrogen-bond acceptors (Lipinski definition) is 3. The van der Waals surface area contributed by atoms with Crippen LogP contribution in [-0.4, -0.2) is 23.6 Å². The minimum atomic E-state index is -4.45. The van der Waals surface area contributed by atoms with Crippen LogP contribution in [0.4, 0.5) is 13.2 Å². The lowest BCUT2D eigenvalue weighted by Crippen LogP contribution is -2.33. The number of fused-ring (bicyclic) bond motifs is 1. The number of carbonyl (C=O) groups excluding carboxylic acids is 1. The molecule has 7 heteroatoms. The van der Waals surface area contributed by atoms with Gasteiger partial charge in [0, 0.05) is 18.2 Å². The highest BCUT2D eigenvalue weighted by molar-refractivity contribution is 5.95. The second kappa shape index (κ2) is 6.23. The van der Waals surface area contributed by atoms with Crippen LogP contribution in [0.5, 0.6) is 11.5 Å². The summed E-state index contributed by atoms with van der Waals surface area (Å²) >= 11 is 0. The minimum absolute atomic E-state index is 0.0331. The summed E-state index contributed by atoms with van der Waals surface area (Å²) in [4.78, 5) is 14.5. The first-order valence-corrected chi connectivity index (χ1v) is 8.29. The molecular weight excluding hydrogens is 347 g/mol. The Labute approximate surface area is 148 Å². The van der Waals surface area contributed by atoms with E-state index < -0.39 is 11.7 Å². The summed E-state index contributed by atoms with van der Waals surface area (Å²) < 4.78 is 50.3. The Bertz CT molecular complexity index is 846. The lowest BCUT2D eigenvalue weighted by atomic mass is 10.1. The zero-order valence-corrected chi connectivity index (χ0v) is 13.8. The van der Waals surface area contributed by atoms with Crippen molar-refractivity contribution >= 4 is 5.91 Å². The molecule has 2 aromatic rings. The first-order valence-electron chi connectivity index (χ1n) is 8.29. The highest BCUT2D eigenvalue weighted by atomic mass is 19.4. The topological polar surface area (TPSA) is 38.8 Å². The van der Waals surface area contributed by atoms with Gasteiger partial charge in [-0.1, -0.05) is 18.2 Å². The number of nitrogens with zero attached hydrogens (tertiary/aromatic N) is 1. The van der Waals surface area contributed by atoms with Crippen molar-refractivity contribution in [2.75, 3.05) is 6.79 Å². The van der Waals surface area contributed by atoms with Gasteiger partial charge in [-0.25, -0.2) is 0 Å². The molecule has 1 saturated carbocycles. The van der Waals surface area contributed by atoms with Gasteiger partial charge in [0.15, 0.2) is 11.5 Å². The summed E-state index contributed by atoms with van der Waals surface area (Å²) in [7, 11) is 0. The van der Waals surface area contributed by atoms with E-state index in [2.05, 4.69) is 0 Å². The second-order valence-electron chi connectivity index (χ2n) is 6.39. The van der Waals surface area contributed by atoms with E-state index in [1.807, 2.05) is 0 Å². The molecule has 0 bridgehead atoms. The van der Waals surface area contributed by atoms with Gasteiger partial charge in [-0.15, -0.1) is 0 Å². The molecule has 0 atom stereocenters. The largest absolute Gasteiger partial charge is 0.454 e. The van der Waals surface area contributed by atoms with E-state index in [0.717, 1.165) is 18.9 Å². The molecule has 1 heterocycles. The van der Waals surface area contributed by atoms with Crippen molar-refractivity contribution in [3.63, 3.8) is 0 Å². The van der Waals surface area contributed by atoms with Crippen LogP contribution in [0.2, 0.25) is 0 Å². The maximum atomic E-state index is 13.3. The Balaban J connectivity index is 1.62. The van der Waals surface area contributed by atoms with Gasteiger partial charge in [0.05, 0.1) is 5.56 Å². The molecule has 26 heavy (non-hydrogen) atoms. The van der Waals surface area contributed by atoms with Crippen molar-refractivity contribution in [3.05, 3.63) is 59.2 Å². The van der Waals surface area contributed by atoms with Gasteiger partial charge >= 0.3 is 6.18 Å². The molecule has 2 aromatic carbocycles. The molecule has 4 rings (SSSR count). The molecule has 1 amide bonds. The first kappa shape index (κ1) is 16.8. The quantitative estimate of drug-likeness (QED) is 0.816. The highest BCUT2D eigenvalue weighted by Gasteiger charge is 2.37. The van der Waals surface area contributed by atoms with E-state index in [9.17, 15) is 18.0 Å². The maximum Gasteiger partial charge on any atom is 0.416 e. The highest BCUT2D eigenvalue weighted by Crippen LogP contribution is 2.37. The molecule has 2 aliphatic rings. The molecule has 1 aliphatic heterocycles. The number of hydrogen-bond donors (Lipinski definition) is 0. The van der Waals surface area contributed by atoms with Gasteiger partial charge in [-0.05, 0) is 42.7 Å². The summed E-state index contributed by atoms with van der Waals surface area (Å²) in [5, 5.41) is 0. The third kappa shape index (κ3) is 3.21. The SMILES string of the molecule is O=C(c1ccc2c(c1)OCO2)N(Cc1ccccc1C(F)(F)F)C1CC1. The van der Waals surface area contributed by atoms with Gasteiger partial charge in [0.25, 0.3) is 5.91 Å². The predicted octanol–water partition coefficient (Wildman–Crippen LogP) is 4.24. The Morgan fingerprint density at radius 3 is 2.54 bits per heavy atom. The lowest BCUT2D eigenvalue weighted by molar-refractivity contribution is -0.138. The Hall–Kier alpha value is -2.70. The average molecular weight is 363 g/mol. The number of amides is 1. The fraction of sp³-hybridized carbons (Fsp3) is 0.316. The maximum absolute atomic E-state index is 13.3. The summed E-state index contributed by atoms with van der Waals surface area (Å²) in [6, 6.07) is 10.2. The smallest absolute Gasteiger partial charge is 0.416 e. The van der Waals surface area contributed by atoms with E-state index >= 15 is 0 Å². The normalized spacial score (nSPS) is 15.8. The third-order valence-corrected chi connectivity index (χ3v) is 4.53. The van der Waals surface area contributed by atoms with Crippen molar-refractivity contribution in [1.29, 1.82) is 0 Å². The molecule has 1 fully saturated rings. The van der Waals surface area contributed by atoms with Crippen LogP contribution in [0.3, 0.4) is 0 Å². The Morgan fingerprint density at radius 1 is 1.08 bits per heavy atom. The van der Waals surface area contributed by atoms with Crippen LogP contribution in [0.1, 0.15) is 34.3 Å². The number of carbonyl (C=O) groups is 1. The molecule has 0 radical (unpaired) electrons. The monoisotopic (exact) mass is 363 g/mol. The van der Waals surface area contributed by atoms with Gasteiger partial charge in [0.2, 0.25) is 6.79 Å². The fourth-order valence-electron chi connectivity index (χ4n) is 3.07. The number of benzene rings is 2. The number of ether oxygens (including phenoxy) is 2. The third-order valence-electron chi connectivity index (χ3n) is 4.53. The minimum Gasteiger partial charge on any atom is -0.454 e. The lowest BCUT2D eigenvalue weighted by Gasteiger charge is -2.24. The summed E-state index contributed by atoms with van der Waals surface area (Å²) in [5.74, 6) is 0.729. The fourth-order valence-corrected chi connectivity index (χ4v) is 3.07. The van der Waals surface area contributed by atoms with Gasteiger partial charge in [-0.3, -0.25) is 4.79 Å². The Kier molecular flexibility index (Phi) is 4.01. The van der Waals surface area contributed by atoms with E-state index in [-0.39, 0.29) is 30.9 Å². The summed E-state index contributed by atoms with van der Waals surface area (Å²) in [6.45, 7) is 0.0197. The first-order chi connectivity index (χ1) is 12.4. The molecule has 0 saturated heterocycles. The van der Waals surface area contributed by atoms with Crippen LogP contribution >= 0.6 is 0 Å². The Morgan fingerprint density at radius 2 is 1.81 bits per heavy atom. The molecule has 1 aliphatic carbocycles. The van der Waals surface area contributed by atoms with E-state index in [1.54, 1.807) is 24.3 Å². The number of halogens is 3. The predicted molar refractivity (Wildman–Crippen MR) is 86.9 cm³/mol. The van der Waals surface area contributed by atoms with Gasteiger partial charge < -0.3 is 14.4 Å². The van der Waals surface area contributed by atoms with E-state index in [1.165, 1.54) is 17.0 Å². The molecule has 0 N–H and O–H groups in total. The average Bonchev–Trinajstić information content (AvgIpc) is 3.35. The van der Waals surface area contributed by atoms with Crippen LogP contribution in [0, 0.1) is 0 Å². The molecule has 0 aromatic heterocycles. The summed E-state index contributed by atoms with van der Waals surface area (Å²) in [6.07, 6.45) is -2.86. The molecule has 4 nitrogen and oxygen atoms in total. The molecule has 0 unspecified atom stereocenters. The number of rotatable bonds is 4. The van der Waals surface area contributed by atoms with Crippen LogP contribution in [-0.2, 0) is 12.7 Å². The van der Waals surface area contributed by atoms with Gasteiger partial charge in [-0.2, -0.15) is 13.2 Å². The van der Waals surface area contributed by atoms with Crippen molar-refractivity contribution < 1.29 is 27.4 Å².